The molecule has 2 saturated heterocycles. The summed E-state index contributed by atoms with van der Waals surface area (Å²) in [5.74, 6) is -3.22. The number of benzene rings is 2. The number of amides is 2. The Bertz CT molecular complexity index is 1560. The molecule has 3 aromatic rings. The molecule has 2 aliphatic rings. The Balaban J connectivity index is 0.00000226. The Morgan fingerprint density at radius 3 is 2.56 bits per heavy atom. The van der Waals surface area contributed by atoms with Gasteiger partial charge in [-0.2, -0.15) is 0 Å². The fraction of sp³-hybridized carbons (Fsp3) is 0.375. The van der Waals surface area contributed by atoms with Gasteiger partial charge in [0.15, 0.2) is 5.79 Å². The monoisotopic (exact) mass is 641 g/mol. The lowest BCUT2D eigenvalue weighted by atomic mass is 9.99. The summed E-state index contributed by atoms with van der Waals surface area (Å²) in [6, 6.07) is 8.98. The normalized spacial score (nSPS) is 16.8. The molecule has 1 atom stereocenters. The highest BCUT2D eigenvalue weighted by atomic mass is 32.1. The largest absolute Gasteiger partial charge is 0.384 e. The van der Waals surface area contributed by atoms with E-state index in [4.69, 9.17) is 20.6 Å². The van der Waals surface area contributed by atoms with Gasteiger partial charge in [-0.1, -0.05) is 26.0 Å². The Labute approximate surface area is 264 Å². The van der Waals surface area contributed by atoms with E-state index >= 15 is 0 Å². The molecule has 2 amide bonds. The maximum absolute atomic E-state index is 14.4. The number of rotatable bonds is 10. The van der Waals surface area contributed by atoms with Crippen LogP contribution in [0.3, 0.4) is 0 Å². The standard InChI is InChI=1S/C30H31F2N5O5S.C2H6/c1-36(13-20-8-18(2-3-19(20)15-38)24-5-4-22(31)10-25(24)32)14-27(39)37-17-30(41-6-7-42-30)11-26(37)29(40)35-12-23-9-21(16-43-23)28(33)34;1-2/h2-5,8-10,15-16,26H,6-7,11-14,17H2,1H3,(H3,33,34)(H,35,40);1-2H3. The molecule has 0 radical (unpaired) electrons. The molecule has 2 fully saturated rings. The zero-order valence-corrected chi connectivity index (χ0v) is 26.2. The molecule has 5 rings (SSSR count). The van der Waals surface area contributed by atoms with Gasteiger partial charge in [-0.3, -0.25) is 24.7 Å². The second-order valence-corrected chi connectivity index (χ2v) is 11.6. The van der Waals surface area contributed by atoms with Crippen molar-refractivity contribution in [2.45, 2.75) is 45.2 Å². The molecule has 13 heteroatoms. The molecule has 0 aliphatic carbocycles. The van der Waals surface area contributed by atoms with E-state index in [-0.39, 0.29) is 55.8 Å². The minimum Gasteiger partial charge on any atom is -0.384 e. The number of carbonyl (C=O) groups excluding carboxylic acids is 3. The van der Waals surface area contributed by atoms with E-state index in [1.807, 2.05) is 13.8 Å². The minimum atomic E-state index is -1.06. The molecule has 10 nitrogen and oxygen atoms in total. The van der Waals surface area contributed by atoms with Gasteiger partial charge in [0.2, 0.25) is 11.8 Å². The number of aldehydes is 1. The quantitative estimate of drug-likeness (QED) is 0.173. The number of nitrogens with zero attached hydrogens (tertiary/aromatic N) is 2. The first-order valence-corrected chi connectivity index (χ1v) is 15.4. The Morgan fingerprint density at radius 1 is 1.18 bits per heavy atom. The van der Waals surface area contributed by atoms with Gasteiger partial charge in [-0.25, -0.2) is 8.78 Å². The maximum Gasteiger partial charge on any atom is 0.243 e. The van der Waals surface area contributed by atoms with E-state index in [0.29, 0.717) is 41.8 Å². The second-order valence-electron chi connectivity index (χ2n) is 10.6. The van der Waals surface area contributed by atoms with Crippen LogP contribution in [-0.4, -0.2) is 78.9 Å². The van der Waals surface area contributed by atoms with E-state index in [9.17, 15) is 23.2 Å². The molecule has 45 heavy (non-hydrogen) atoms. The van der Waals surface area contributed by atoms with Gasteiger partial charge in [0, 0.05) is 46.0 Å². The highest BCUT2D eigenvalue weighted by molar-refractivity contribution is 7.10. The number of hydrogen-bond acceptors (Lipinski definition) is 8. The smallest absolute Gasteiger partial charge is 0.243 e. The zero-order valence-electron chi connectivity index (χ0n) is 25.4. The van der Waals surface area contributed by atoms with Crippen molar-refractivity contribution in [2.75, 3.05) is 33.4 Å². The number of amidine groups is 1. The number of nitrogens with two attached hydrogens (primary N) is 1. The SMILES string of the molecule is CC.CN(CC(=O)N1CC2(CC1C(=O)NCc1cc(C(=N)N)cs1)OCCO2)Cc1cc(-c2ccc(F)cc2F)ccc1C=O. The maximum atomic E-state index is 14.4. The number of ether oxygens (including phenoxy) is 2. The van der Waals surface area contributed by atoms with Gasteiger partial charge in [-0.05, 0) is 42.4 Å². The zero-order chi connectivity index (χ0) is 32.7. The van der Waals surface area contributed by atoms with Gasteiger partial charge in [-0.15, -0.1) is 11.3 Å². The lowest BCUT2D eigenvalue weighted by Gasteiger charge is -2.27. The number of nitrogen functional groups attached to an aromatic ring is 1. The Morgan fingerprint density at radius 2 is 1.91 bits per heavy atom. The fourth-order valence-corrected chi connectivity index (χ4v) is 6.19. The molecular weight excluding hydrogens is 604 g/mol. The van der Waals surface area contributed by atoms with Crippen molar-refractivity contribution in [1.29, 1.82) is 5.41 Å². The summed E-state index contributed by atoms with van der Waals surface area (Å²) >= 11 is 1.37. The van der Waals surface area contributed by atoms with E-state index in [0.717, 1.165) is 17.0 Å². The third kappa shape index (κ3) is 7.98. The molecule has 0 saturated carbocycles. The number of nitrogens with one attached hydrogen (secondary N) is 2. The molecular formula is C32H37F2N5O5S. The van der Waals surface area contributed by atoms with Crippen LogP contribution in [0.2, 0.25) is 0 Å². The van der Waals surface area contributed by atoms with E-state index in [1.54, 1.807) is 41.6 Å². The molecule has 2 aromatic carbocycles. The van der Waals surface area contributed by atoms with Crippen molar-refractivity contribution in [3.63, 3.8) is 0 Å². The van der Waals surface area contributed by atoms with Crippen LogP contribution in [0.1, 0.15) is 46.6 Å². The van der Waals surface area contributed by atoms with Crippen LogP contribution in [0.5, 0.6) is 0 Å². The Hall–Kier alpha value is -4.04. The third-order valence-electron chi connectivity index (χ3n) is 7.49. The molecule has 240 valence electrons. The van der Waals surface area contributed by atoms with E-state index < -0.39 is 23.5 Å². The van der Waals surface area contributed by atoms with Crippen LogP contribution in [-0.2, 0) is 32.2 Å². The molecule has 1 unspecified atom stereocenters. The van der Waals surface area contributed by atoms with E-state index in [2.05, 4.69) is 5.32 Å². The van der Waals surface area contributed by atoms with Crippen molar-refractivity contribution in [3.05, 3.63) is 81.0 Å². The highest BCUT2D eigenvalue weighted by Crippen LogP contribution is 2.35. The Kier molecular flexibility index (Phi) is 11.2. The van der Waals surface area contributed by atoms with Gasteiger partial charge >= 0.3 is 0 Å². The average Bonchev–Trinajstić information content (AvgIpc) is 3.78. The topological polar surface area (TPSA) is 138 Å². The number of hydrogen-bond donors (Lipinski definition) is 3. The first-order valence-electron chi connectivity index (χ1n) is 14.6. The van der Waals surface area contributed by atoms with Crippen molar-refractivity contribution in [1.82, 2.24) is 15.1 Å². The van der Waals surface area contributed by atoms with Gasteiger partial charge in [0.25, 0.3) is 0 Å². The summed E-state index contributed by atoms with van der Waals surface area (Å²) < 4.78 is 39.5. The summed E-state index contributed by atoms with van der Waals surface area (Å²) in [6.45, 7) is 5.11. The van der Waals surface area contributed by atoms with Crippen LogP contribution >= 0.6 is 11.3 Å². The summed E-state index contributed by atoms with van der Waals surface area (Å²) in [5.41, 5.74) is 7.69. The van der Waals surface area contributed by atoms with Crippen molar-refractivity contribution >= 4 is 35.3 Å². The first kappa shape index (κ1) is 33.8. The highest BCUT2D eigenvalue weighted by Gasteiger charge is 2.52. The molecule has 2 aliphatic heterocycles. The van der Waals surface area contributed by atoms with Crippen LogP contribution in [0.4, 0.5) is 8.78 Å². The summed E-state index contributed by atoms with van der Waals surface area (Å²) in [6.07, 6.45) is 0.861. The lowest BCUT2D eigenvalue weighted by molar-refractivity contribution is -0.152. The molecule has 4 N–H and O–H groups in total. The second kappa shape index (κ2) is 14.8. The first-order chi connectivity index (χ1) is 21.6. The molecule has 1 spiro atoms. The predicted molar refractivity (Wildman–Crippen MR) is 167 cm³/mol. The van der Waals surface area contributed by atoms with Crippen molar-refractivity contribution in [2.24, 2.45) is 5.73 Å². The van der Waals surface area contributed by atoms with Gasteiger partial charge < -0.3 is 25.4 Å². The number of likely N-dealkylation sites (tertiary alicyclic amines) is 1. The van der Waals surface area contributed by atoms with Crippen molar-refractivity contribution in [3.8, 4) is 11.1 Å². The molecule has 0 bridgehead atoms. The summed E-state index contributed by atoms with van der Waals surface area (Å²) in [7, 11) is 1.70. The van der Waals surface area contributed by atoms with Gasteiger partial charge in [0.1, 0.15) is 29.8 Å². The summed E-state index contributed by atoms with van der Waals surface area (Å²) in [5, 5.41) is 12.2. The summed E-state index contributed by atoms with van der Waals surface area (Å²) in [4.78, 5) is 42.6. The fourth-order valence-electron chi connectivity index (χ4n) is 5.37. The molecule has 1 aromatic heterocycles. The van der Waals surface area contributed by atoms with Crippen molar-refractivity contribution < 1.29 is 32.6 Å². The predicted octanol–water partition coefficient (Wildman–Crippen LogP) is 3.91. The third-order valence-corrected chi connectivity index (χ3v) is 8.42. The van der Waals surface area contributed by atoms with Crippen LogP contribution < -0.4 is 11.1 Å². The lowest BCUT2D eigenvalue weighted by Crippen LogP contribution is -2.48. The van der Waals surface area contributed by atoms with E-state index in [1.165, 1.54) is 22.3 Å². The molecule has 3 heterocycles. The number of carbonyl (C=O) groups is 3. The van der Waals surface area contributed by atoms with Crippen LogP contribution in [0.15, 0.2) is 47.8 Å². The van der Waals surface area contributed by atoms with Crippen LogP contribution in [0, 0.1) is 17.0 Å². The average molecular weight is 642 g/mol. The number of halogens is 2. The number of thiophene rings is 1. The van der Waals surface area contributed by atoms with Crippen LogP contribution in [0.25, 0.3) is 11.1 Å². The van der Waals surface area contributed by atoms with Gasteiger partial charge in [0.05, 0.1) is 32.8 Å². The minimum absolute atomic E-state index is 0.0578. The number of likely N-dealkylation sites (N-methyl/N-ethyl adjacent to an activating group) is 1.